The molecule has 8 heteroatoms. The van der Waals surface area contributed by atoms with Gasteiger partial charge in [0.1, 0.15) is 5.60 Å². The molecule has 0 saturated carbocycles. The van der Waals surface area contributed by atoms with Gasteiger partial charge in [-0.2, -0.15) is 0 Å². The van der Waals surface area contributed by atoms with E-state index >= 15 is 0 Å². The van der Waals surface area contributed by atoms with Gasteiger partial charge in [0.25, 0.3) is 5.69 Å². The first-order chi connectivity index (χ1) is 11.2. The zero-order valence-electron chi connectivity index (χ0n) is 14.4. The molecule has 0 aliphatic carbocycles. The highest BCUT2D eigenvalue weighted by Gasteiger charge is 2.26. The van der Waals surface area contributed by atoms with Crippen LogP contribution in [0.3, 0.4) is 0 Å². The van der Waals surface area contributed by atoms with Crippen molar-refractivity contribution in [3.63, 3.8) is 0 Å². The lowest BCUT2D eigenvalue weighted by Crippen LogP contribution is -2.39. The second-order valence-electron chi connectivity index (χ2n) is 6.57. The summed E-state index contributed by atoms with van der Waals surface area (Å²) in [4.78, 5) is 26.3. The number of benzene rings is 1. The van der Waals surface area contributed by atoms with E-state index in [2.05, 4.69) is 0 Å². The van der Waals surface area contributed by atoms with Gasteiger partial charge in [0.05, 0.1) is 29.5 Å². The van der Waals surface area contributed by atoms with Crippen LogP contribution < -0.4 is 9.80 Å². The number of nitrogens with zero attached hydrogens (tertiary/aromatic N) is 3. The Morgan fingerprint density at radius 2 is 1.96 bits per heavy atom. The van der Waals surface area contributed by atoms with E-state index in [1.54, 1.807) is 33.9 Å². The van der Waals surface area contributed by atoms with E-state index in [0.29, 0.717) is 32.0 Å². The molecule has 1 heterocycles. The number of morpholine rings is 1. The first kappa shape index (κ1) is 18.0. The van der Waals surface area contributed by atoms with Gasteiger partial charge in [0.2, 0.25) is 0 Å². The van der Waals surface area contributed by atoms with Gasteiger partial charge in [-0.05, 0) is 26.8 Å². The molecule has 1 amide bonds. The van der Waals surface area contributed by atoms with Gasteiger partial charge in [-0.15, -0.1) is 0 Å². The number of non-ortho nitro benzene ring substituents is 1. The van der Waals surface area contributed by atoms with Crippen molar-refractivity contribution in [3.05, 3.63) is 28.3 Å². The van der Waals surface area contributed by atoms with Crippen LogP contribution in [0.25, 0.3) is 0 Å². The van der Waals surface area contributed by atoms with Crippen molar-refractivity contribution in [2.24, 2.45) is 0 Å². The topological polar surface area (TPSA) is 85.2 Å². The molecular formula is C16H23N3O5. The fourth-order valence-corrected chi connectivity index (χ4v) is 2.39. The van der Waals surface area contributed by atoms with Crippen LogP contribution in [0.4, 0.5) is 21.9 Å². The molecular weight excluding hydrogens is 314 g/mol. The zero-order chi connectivity index (χ0) is 17.9. The predicted molar refractivity (Wildman–Crippen MR) is 90.8 cm³/mol. The predicted octanol–water partition coefficient (Wildman–Crippen LogP) is 2.80. The Labute approximate surface area is 141 Å². The van der Waals surface area contributed by atoms with Crippen LogP contribution in [-0.4, -0.2) is 50.0 Å². The molecule has 0 spiro atoms. The maximum atomic E-state index is 12.4. The summed E-state index contributed by atoms with van der Waals surface area (Å²) < 4.78 is 10.7. The van der Waals surface area contributed by atoms with E-state index in [-0.39, 0.29) is 5.69 Å². The highest BCUT2D eigenvalue weighted by Crippen LogP contribution is 2.34. The molecule has 1 saturated heterocycles. The Bertz CT molecular complexity index is 621. The van der Waals surface area contributed by atoms with Gasteiger partial charge >= 0.3 is 6.09 Å². The van der Waals surface area contributed by atoms with Crippen molar-refractivity contribution >= 4 is 23.2 Å². The zero-order valence-corrected chi connectivity index (χ0v) is 14.4. The van der Waals surface area contributed by atoms with E-state index in [1.807, 2.05) is 4.90 Å². The number of nitro benzene ring substituents is 1. The highest BCUT2D eigenvalue weighted by atomic mass is 16.6. The SMILES string of the molecule is CN(C(=O)OC(C)(C)C)c1cc([N+](=O)[O-])ccc1N1CCOCC1. The maximum Gasteiger partial charge on any atom is 0.414 e. The lowest BCUT2D eigenvalue weighted by Gasteiger charge is -2.33. The Kier molecular flexibility index (Phi) is 5.28. The fraction of sp³-hybridized carbons (Fsp3) is 0.562. The minimum Gasteiger partial charge on any atom is -0.443 e. The monoisotopic (exact) mass is 337 g/mol. The largest absolute Gasteiger partial charge is 0.443 e. The van der Waals surface area contributed by atoms with Crippen LogP contribution in [0.2, 0.25) is 0 Å². The quantitative estimate of drug-likeness (QED) is 0.623. The third-order valence-corrected chi connectivity index (χ3v) is 3.55. The van der Waals surface area contributed by atoms with Crippen LogP contribution >= 0.6 is 0 Å². The summed E-state index contributed by atoms with van der Waals surface area (Å²) in [6.45, 7) is 7.79. The standard InChI is InChI=1S/C16H23N3O5/c1-16(2,3)24-15(20)17(4)14-11-12(19(21)22)5-6-13(14)18-7-9-23-10-8-18/h5-6,11H,7-10H2,1-4H3. The second kappa shape index (κ2) is 7.04. The number of hydrogen-bond acceptors (Lipinski definition) is 6. The van der Waals surface area contributed by atoms with Gasteiger partial charge in [-0.25, -0.2) is 4.79 Å². The van der Waals surface area contributed by atoms with Crippen LogP contribution in [0.5, 0.6) is 0 Å². The van der Waals surface area contributed by atoms with Gasteiger partial charge in [-0.3, -0.25) is 15.0 Å². The summed E-state index contributed by atoms with van der Waals surface area (Å²) >= 11 is 0. The van der Waals surface area contributed by atoms with Crippen LogP contribution in [0.15, 0.2) is 18.2 Å². The number of carbonyl (C=O) groups is 1. The molecule has 0 N–H and O–H groups in total. The normalized spacial score (nSPS) is 15.1. The lowest BCUT2D eigenvalue weighted by atomic mass is 10.2. The number of carbonyl (C=O) groups excluding carboxylic acids is 1. The van der Waals surface area contributed by atoms with Crippen LogP contribution in [0, 0.1) is 10.1 Å². The van der Waals surface area contributed by atoms with Crippen molar-refractivity contribution in [1.29, 1.82) is 0 Å². The minimum absolute atomic E-state index is 0.0718. The summed E-state index contributed by atoms with van der Waals surface area (Å²) in [5.74, 6) is 0. The van der Waals surface area contributed by atoms with Crippen molar-refractivity contribution < 1.29 is 19.2 Å². The second-order valence-corrected chi connectivity index (χ2v) is 6.57. The Hall–Kier alpha value is -2.35. The van der Waals surface area contributed by atoms with Gasteiger partial charge in [0.15, 0.2) is 0 Å². The Morgan fingerprint density at radius 3 is 2.50 bits per heavy atom. The Balaban J connectivity index is 2.37. The lowest BCUT2D eigenvalue weighted by molar-refractivity contribution is -0.384. The molecule has 0 bridgehead atoms. The third kappa shape index (κ3) is 4.35. The van der Waals surface area contributed by atoms with E-state index in [0.717, 1.165) is 5.69 Å². The average Bonchev–Trinajstić information content (AvgIpc) is 2.52. The van der Waals surface area contributed by atoms with Crippen molar-refractivity contribution in [2.45, 2.75) is 26.4 Å². The smallest absolute Gasteiger partial charge is 0.414 e. The molecule has 1 fully saturated rings. The third-order valence-electron chi connectivity index (χ3n) is 3.55. The summed E-state index contributed by atoms with van der Waals surface area (Å²) in [6.07, 6.45) is -0.558. The van der Waals surface area contributed by atoms with E-state index in [1.165, 1.54) is 17.0 Å². The van der Waals surface area contributed by atoms with E-state index in [4.69, 9.17) is 9.47 Å². The number of anilines is 2. The summed E-state index contributed by atoms with van der Waals surface area (Å²) in [7, 11) is 1.55. The number of amides is 1. The van der Waals surface area contributed by atoms with Crippen molar-refractivity contribution in [1.82, 2.24) is 0 Å². The molecule has 1 aromatic rings. The first-order valence-corrected chi connectivity index (χ1v) is 7.77. The number of ether oxygens (including phenoxy) is 2. The number of nitro groups is 1. The van der Waals surface area contributed by atoms with E-state index < -0.39 is 16.6 Å². The molecule has 24 heavy (non-hydrogen) atoms. The highest BCUT2D eigenvalue weighted by molar-refractivity contribution is 5.92. The summed E-state index contributed by atoms with van der Waals surface area (Å²) in [5.41, 5.74) is 0.473. The minimum atomic E-state index is -0.648. The number of hydrogen-bond donors (Lipinski definition) is 0. The average molecular weight is 337 g/mol. The molecule has 132 valence electrons. The first-order valence-electron chi connectivity index (χ1n) is 7.77. The molecule has 1 aliphatic rings. The Morgan fingerprint density at radius 1 is 1.33 bits per heavy atom. The van der Waals surface area contributed by atoms with Gasteiger partial charge in [0, 0.05) is 32.3 Å². The van der Waals surface area contributed by atoms with Crippen LogP contribution in [-0.2, 0) is 9.47 Å². The van der Waals surface area contributed by atoms with Gasteiger partial charge < -0.3 is 14.4 Å². The molecule has 1 aliphatic heterocycles. The molecule has 0 aromatic heterocycles. The fourth-order valence-electron chi connectivity index (χ4n) is 2.39. The van der Waals surface area contributed by atoms with Crippen molar-refractivity contribution in [2.75, 3.05) is 43.2 Å². The summed E-state index contributed by atoms with van der Waals surface area (Å²) in [6, 6.07) is 4.51. The molecule has 0 unspecified atom stereocenters. The molecule has 8 nitrogen and oxygen atoms in total. The molecule has 0 radical (unpaired) electrons. The molecule has 1 aromatic carbocycles. The van der Waals surface area contributed by atoms with Crippen LogP contribution in [0.1, 0.15) is 20.8 Å². The number of rotatable bonds is 3. The van der Waals surface area contributed by atoms with Gasteiger partial charge in [-0.1, -0.05) is 0 Å². The molecule has 2 rings (SSSR count). The molecule has 0 atom stereocenters. The maximum absolute atomic E-state index is 12.4. The van der Waals surface area contributed by atoms with E-state index in [9.17, 15) is 14.9 Å². The van der Waals surface area contributed by atoms with Crippen molar-refractivity contribution in [3.8, 4) is 0 Å². The summed E-state index contributed by atoms with van der Waals surface area (Å²) in [5, 5.41) is 11.1.